The molecule has 21 unspecified atom stereocenters. The number of allylic oxidation sites excluding steroid dienone is 14. The number of ether oxygens (including phenoxy) is 9. The van der Waals surface area contributed by atoms with Crippen molar-refractivity contribution in [3.8, 4) is 31.6 Å². The van der Waals surface area contributed by atoms with Crippen LogP contribution in [0.25, 0.3) is 0 Å². The molecule has 3 aliphatic heterocycles. The summed E-state index contributed by atoms with van der Waals surface area (Å²) in [5.74, 6) is 9.73. The van der Waals surface area contributed by atoms with Crippen LogP contribution in [0.5, 0.6) is 0 Å². The van der Waals surface area contributed by atoms with E-state index in [-0.39, 0.29) is 153 Å². The second kappa shape index (κ2) is 37.4. The summed E-state index contributed by atoms with van der Waals surface area (Å²) in [4.78, 5) is 46.6. The third-order valence-corrected chi connectivity index (χ3v) is 41.0. The molecule has 7 saturated carbocycles. The summed E-state index contributed by atoms with van der Waals surface area (Å²) in [5, 5.41) is 30.9. The fourth-order valence-corrected chi connectivity index (χ4v) is 34.2. The third kappa shape index (κ3) is 15.9. The van der Waals surface area contributed by atoms with Gasteiger partial charge in [-0.05, 0) is 247 Å². The zero-order chi connectivity index (χ0) is 92.7. The number of rotatable bonds is 3. The molecule has 20 aliphatic carbocycles. The summed E-state index contributed by atoms with van der Waals surface area (Å²) < 4.78 is 53.7. The van der Waals surface area contributed by atoms with E-state index < -0.39 is 17.2 Å². The molecule has 132 heavy (non-hydrogen) atoms. The van der Waals surface area contributed by atoms with Crippen LogP contribution in [0.1, 0.15) is 238 Å². The van der Waals surface area contributed by atoms with Gasteiger partial charge in [0, 0.05) is 101 Å². The van der Waals surface area contributed by atoms with Crippen molar-refractivity contribution in [2.75, 3.05) is 39.6 Å². The maximum absolute atomic E-state index is 12.3. The first-order valence-corrected chi connectivity index (χ1v) is 50.5. The summed E-state index contributed by atoms with van der Waals surface area (Å²) >= 11 is 3.95. The molecular formula is C113H146Br2MgO16. The summed E-state index contributed by atoms with van der Waals surface area (Å²) in [7, 11) is 0. The van der Waals surface area contributed by atoms with Gasteiger partial charge in [0.25, 0.3) is 0 Å². The predicted octanol–water partition coefficient (Wildman–Crippen LogP) is 17.1. The largest absolute Gasteiger partial charge is 2.00 e. The van der Waals surface area contributed by atoms with Crippen molar-refractivity contribution >= 4 is 62.7 Å². The Kier molecular flexibility index (Phi) is 28.7. The fraction of sp³-hybridized carbons (Fsp3) is 0.681. The van der Waals surface area contributed by atoms with Gasteiger partial charge in [-0.3, -0.25) is 19.2 Å². The molecule has 23 rings (SSSR count). The number of alkyl halides is 1. The number of carbonyl (C=O) groups excluding carboxylic acids is 4. The van der Waals surface area contributed by atoms with E-state index in [1.165, 1.54) is 80.7 Å². The summed E-state index contributed by atoms with van der Waals surface area (Å²) in [5.41, 5.74) is 6.33. The van der Waals surface area contributed by atoms with Gasteiger partial charge in [0.1, 0.15) is 23.9 Å². The van der Waals surface area contributed by atoms with Gasteiger partial charge in [0.15, 0.2) is 23.1 Å². The van der Waals surface area contributed by atoms with Crippen LogP contribution in [0.4, 0.5) is 0 Å². The molecule has 23 aliphatic rings. The number of aliphatic hydroxyl groups excluding tert-OH is 2. The summed E-state index contributed by atoms with van der Waals surface area (Å²) in [6.45, 7) is 32.2. The maximum atomic E-state index is 12.3. The van der Waals surface area contributed by atoms with Crippen molar-refractivity contribution in [2.45, 2.75) is 296 Å². The zero-order valence-electron chi connectivity index (χ0n) is 80.7. The fourth-order valence-electron chi connectivity index (χ4n) is 33.0. The number of fused-ring (bicyclic) bond motifs is 28. The molecule has 3 spiro atoms. The number of terminal acetylenes is 3. The van der Waals surface area contributed by atoms with Crippen molar-refractivity contribution in [3.05, 3.63) is 162 Å². The van der Waals surface area contributed by atoms with E-state index in [9.17, 15) is 34.5 Å². The standard InChI is InChI=1S/C23H31BrO4.C23H32O4.C21H28O3.C21H26O3.C21H26O2.C2H2.C2H.BrH.Mg/c1-14(25)28-16-6-8-21(2)15(12-16)4-5-17-18(21)7-9-22(3)19(17)13-20(24)23(22)26-10-11-27-23;1-15(24)27-17-6-9-21(2)16(14-17)4-5-18-19(21)7-10-22(3)20(18)8-11-23(22)25-12-13-26-23;1-19-8-5-15(22)13-14(19)3-4-16-17(19)6-9-20(2)18(16)7-10-21(20)23-11-12-24-21;1-13(22)24-15-8-10-20(2)14(12-15)4-5-16-17-6-7-19(23)21(17,3)11-9-18(16)20;1-4-21(23)12-9-18-16-6-5-14-13-15(22)7-10-19(14,2)17(16)8-11-20(18,21)3;2*1-2;;/h4,6,8,16-20H,5,7,9-13H2,1-3H3;4,6,9,17-20H,5,7-8,10-14H2,1-3H3;3,5,7-8,10,15-18,22H,4,6,9,11-13H2,1-2H3;4,6-8,10,15-18H,5,9,11-12H2,1-3H3;1,5,7,9-10,12,15-18,22-23H,6,8,11,13H2,2-3H3;1-2H;1H;1H;/q;;;;;;-1;;+2/p-1/t16?,17?,18?,19?,20?,21-,22-;17?,18?,19?,20?,21-,22-;15?,16?,17?,18?,19-,20-;15?,16?,17?,18?,20-,21-;15?,16?,17?,18?,19-,20-,21-;;;;/m00000..../s1. The molecule has 32 atom stereocenters. The van der Waals surface area contributed by atoms with Crippen LogP contribution in [0.3, 0.4) is 0 Å². The number of aliphatic hydroxyl groups is 3. The molecule has 0 radical (unpaired) electrons. The number of hydrogen-bond acceptors (Lipinski definition) is 16. The predicted molar refractivity (Wildman–Crippen MR) is 511 cm³/mol. The Balaban J connectivity index is 0.000000125. The van der Waals surface area contributed by atoms with E-state index >= 15 is 0 Å². The number of ketones is 1. The Bertz CT molecular complexity index is 4920. The molecule has 10 fully saturated rings. The average Bonchev–Trinajstić information content (AvgIpc) is 1.53. The van der Waals surface area contributed by atoms with E-state index in [0.29, 0.717) is 121 Å². The van der Waals surface area contributed by atoms with Gasteiger partial charge in [-0.2, -0.15) is 0 Å². The van der Waals surface area contributed by atoms with Gasteiger partial charge in [0.2, 0.25) is 0 Å². The second-order valence-corrected chi connectivity index (χ2v) is 46.4. The molecule has 0 aromatic carbocycles. The summed E-state index contributed by atoms with van der Waals surface area (Å²) in [6, 6.07) is 0. The SMILES string of the molecule is C#C.C#C[C@]1(O)C=CC2C3CC=C4CC(O)C=C[C@]4(C)C3CC[C@@]21C.CC(=O)OC1C=C[C@@]2(C)C(=CCC3C2CC[C@@]2(C)C3CC(Br)C23OCCO3)C1.CC(=O)OC1C=C[C@@]2(C)C(=CCC3C2CC[C@@]2(C)C3CCC23OCCO3)C1.CC(=O)OC1C=C[C@@]2(C)C(=CCC3C2CC[C@]2(C)C(=O)C=CC32)C1.C[C@]12C=CC(O)CC1=CCC1C2CC[C@@]2(C)C1C=CC21OCCO1.[Br-].[C-]#C.[Mg+2]. The molecule has 16 nitrogen and oxygen atoms in total. The van der Waals surface area contributed by atoms with Gasteiger partial charge >= 0.3 is 41.0 Å². The van der Waals surface area contributed by atoms with Crippen molar-refractivity contribution in [1.29, 1.82) is 0 Å². The molecule has 3 N–H and O–H groups in total. The maximum Gasteiger partial charge on any atom is 2.00 e. The van der Waals surface area contributed by atoms with Crippen LogP contribution < -0.4 is 17.0 Å². The van der Waals surface area contributed by atoms with Crippen molar-refractivity contribution in [3.63, 3.8) is 0 Å². The van der Waals surface area contributed by atoms with Crippen LogP contribution in [0, 0.1) is 181 Å². The monoisotopic (exact) mass is 1940 g/mol. The van der Waals surface area contributed by atoms with Gasteiger partial charge in [0.05, 0.1) is 56.7 Å². The molecule has 0 amide bonds. The first kappa shape index (κ1) is 101. The van der Waals surface area contributed by atoms with Gasteiger partial charge in [-0.25, -0.2) is 0 Å². The van der Waals surface area contributed by atoms with Crippen LogP contribution in [0.2, 0.25) is 0 Å². The smallest absolute Gasteiger partial charge is 1.00 e. The molecule has 710 valence electrons. The Morgan fingerprint density at radius 1 is 0.424 bits per heavy atom. The van der Waals surface area contributed by atoms with Crippen molar-refractivity contribution in [2.24, 2.45) is 143 Å². The van der Waals surface area contributed by atoms with Crippen LogP contribution in [-0.2, 0) is 61.8 Å². The molecule has 3 heterocycles. The quantitative estimate of drug-likeness (QED) is 0.0456. The van der Waals surface area contributed by atoms with Gasteiger partial charge < -0.3 is 87.8 Å². The van der Waals surface area contributed by atoms with E-state index in [2.05, 4.69) is 214 Å². The first-order chi connectivity index (χ1) is 61.8. The van der Waals surface area contributed by atoms with E-state index in [0.717, 1.165) is 129 Å². The summed E-state index contributed by atoms with van der Waals surface area (Å²) in [6.07, 6.45) is 92.4. The van der Waals surface area contributed by atoms with Crippen molar-refractivity contribution in [1.82, 2.24) is 0 Å². The van der Waals surface area contributed by atoms with Crippen LogP contribution >= 0.6 is 15.9 Å². The van der Waals surface area contributed by atoms with Crippen LogP contribution in [-0.4, -0.2) is 160 Å². The van der Waals surface area contributed by atoms with Crippen molar-refractivity contribution < 1.29 is 94.1 Å². The van der Waals surface area contributed by atoms with Gasteiger partial charge in [-0.15, -0.1) is 19.3 Å². The molecule has 0 aromatic rings. The van der Waals surface area contributed by atoms with Crippen LogP contribution in [0.15, 0.2) is 155 Å². The molecular weight excluding hydrogens is 1800 g/mol. The number of hydrogen-bond donors (Lipinski definition) is 3. The molecule has 0 aromatic heterocycles. The number of esters is 3. The third-order valence-electron chi connectivity index (χ3n) is 40.1. The Labute approximate surface area is 822 Å². The molecule has 0 bridgehead atoms. The Hall–Kier alpha value is -5.25. The average molecular weight is 1940 g/mol. The Morgan fingerprint density at radius 3 is 1.22 bits per heavy atom. The molecule has 3 saturated heterocycles. The minimum Gasteiger partial charge on any atom is -1.00 e. The van der Waals surface area contributed by atoms with E-state index in [4.69, 9.17) is 55.5 Å². The zero-order valence-corrected chi connectivity index (χ0v) is 85.3. The second-order valence-electron chi connectivity index (χ2n) is 45.3. The number of carbonyl (C=O) groups is 4. The molecule has 19 heteroatoms. The Morgan fingerprint density at radius 2 is 0.773 bits per heavy atom. The minimum atomic E-state index is -1.11. The first-order valence-electron chi connectivity index (χ1n) is 49.6. The normalized spacial score (nSPS) is 47.0. The van der Waals surface area contributed by atoms with Gasteiger partial charge in [-0.1, -0.05) is 210 Å². The van der Waals surface area contributed by atoms with E-state index in [1.807, 2.05) is 24.3 Å². The number of halogens is 2. The topological polar surface area (TPSA) is 212 Å². The van der Waals surface area contributed by atoms with E-state index in [1.54, 1.807) is 0 Å². The minimum absolute atomic E-state index is 0.